The fourth-order valence-electron chi connectivity index (χ4n) is 4.78. The Morgan fingerprint density at radius 2 is 1.82 bits per heavy atom. The Morgan fingerprint density at radius 1 is 1.18 bits per heavy atom. The molecule has 152 valence electrons. The molecule has 2 amide bonds. The number of likely N-dealkylation sites (tertiary alicyclic amines) is 1. The Labute approximate surface area is 166 Å². The molecule has 4 atom stereocenters. The van der Waals surface area contributed by atoms with Gasteiger partial charge in [-0.2, -0.15) is 0 Å². The molecule has 3 rings (SSSR count). The van der Waals surface area contributed by atoms with E-state index in [1.54, 1.807) is 6.92 Å². The van der Waals surface area contributed by atoms with Gasteiger partial charge in [0, 0.05) is 38.8 Å². The van der Waals surface area contributed by atoms with Crippen LogP contribution in [0.2, 0.25) is 0 Å². The summed E-state index contributed by atoms with van der Waals surface area (Å²) in [4.78, 5) is 42.2. The van der Waals surface area contributed by atoms with Crippen molar-refractivity contribution in [1.82, 2.24) is 4.90 Å². The maximum atomic E-state index is 13.0. The fourth-order valence-corrected chi connectivity index (χ4v) is 4.78. The first-order chi connectivity index (χ1) is 13.3. The number of nitrogens with two attached hydrogens (primary N) is 1. The predicted octanol–water partition coefficient (Wildman–Crippen LogP) is 0.704. The van der Waals surface area contributed by atoms with Gasteiger partial charge in [-0.25, -0.2) is 4.79 Å². The molecule has 7 nitrogen and oxygen atoms in total. The molecule has 0 radical (unpaired) electrons. The molecule has 0 aliphatic carbocycles. The highest BCUT2D eigenvalue weighted by atomic mass is 16.5. The summed E-state index contributed by atoms with van der Waals surface area (Å²) in [5, 5.41) is 1.93. The van der Waals surface area contributed by atoms with E-state index in [1.165, 1.54) is 11.9 Å². The van der Waals surface area contributed by atoms with Gasteiger partial charge in [-0.3, -0.25) is 14.5 Å². The van der Waals surface area contributed by atoms with Crippen LogP contribution in [0.25, 0.3) is 0 Å². The van der Waals surface area contributed by atoms with Crippen LogP contribution < -0.4 is 10.2 Å². The molecular formula is C21H30N3O4+. The van der Waals surface area contributed by atoms with Gasteiger partial charge in [0.1, 0.15) is 17.9 Å². The van der Waals surface area contributed by atoms with Crippen LogP contribution in [0.5, 0.6) is 0 Å². The third-order valence-corrected chi connectivity index (χ3v) is 6.10. The molecule has 2 aliphatic heterocycles. The first kappa shape index (κ1) is 20.3. The van der Waals surface area contributed by atoms with Crippen molar-refractivity contribution >= 4 is 23.5 Å². The molecule has 0 saturated carbocycles. The van der Waals surface area contributed by atoms with E-state index >= 15 is 0 Å². The summed E-state index contributed by atoms with van der Waals surface area (Å²) < 4.78 is 5.38. The maximum absolute atomic E-state index is 13.0. The highest BCUT2D eigenvalue weighted by molar-refractivity contribution is 6.08. The van der Waals surface area contributed by atoms with Crippen molar-refractivity contribution in [1.29, 1.82) is 0 Å². The van der Waals surface area contributed by atoms with Crippen molar-refractivity contribution < 1.29 is 24.4 Å². The molecule has 0 aromatic heterocycles. The van der Waals surface area contributed by atoms with Crippen LogP contribution in [0.3, 0.4) is 0 Å². The average molecular weight is 388 g/mol. The van der Waals surface area contributed by atoms with Gasteiger partial charge >= 0.3 is 5.97 Å². The van der Waals surface area contributed by atoms with E-state index in [2.05, 4.69) is 0 Å². The molecule has 0 spiro atoms. The van der Waals surface area contributed by atoms with E-state index in [9.17, 15) is 14.4 Å². The number of hydrogen-bond acceptors (Lipinski definition) is 5. The Hall–Kier alpha value is -2.41. The van der Waals surface area contributed by atoms with E-state index in [0.29, 0.717) is 6.42 Å². The quantitative estimate of drug-likeness (QED) is 0.573. The number of ether oxygens (including phenoxy) is 1. The minimum absolute atomic E-state index is 0.213. The molecule has 7 heteroatoms. The van der Waals surface area contributed by atoms with Crippen LogP contribution >= 0.6 is 0 Å². The molecule has 0 bridgehead atoms. The summed E-state index contributed by atoms with van der Waals surface area (Å²) in [6.45, 7) is 3.98. The Kier molecular flexibility index (Phi) is 5.48. The van der Waals surface area contributed by atoms with E-state index in [4.69, 9.17) is 4.74 Å². The lowest BCUT2D eigenvalue weighted by Gasteiger charge is -2.29. The number of anilines is 1. The molecule has 2 saturated heterocycles. The summed E-state index contributed by atoms with van der Waals surface area (Å²) in [7, 11) is 5.44. The molecule has 2 fully saturated rings. The van der Waals surface area contributed by atoms with Gasteiger partial charge in [-0.1, -0.05) is 19.1 Å². The van der Waals surface area contributed by atoms with Crippen molar-refractivity contribution in [2.45, 2.75) is 38.3 Å². The van der Waals surface area contributed by atoms with Gasteiger partial charge in [0.25, 0.3) is 0 Å². The molecule has 1 aromatic rings. The molecule has 1 aromatic carbocycles. The summed E-state index contributed by atoms with van der Waals surface area (Å²) >= 11 is 0. The lowest BCUT2D eigenvalue weighted by molar-refractivity contribution is -0.735. The third-order valence-electron chi connectivity index (χ3n) is 6.10. The van der Waals surface area contributed by atoms with Crippen LogP contribution in [-0.2, 0) is 19.1 Å². The third kappa shape index (κ3) is 2.98. The minimum atomic E-state index is -1.06. The van der Waals surface area contributed by atoms with Crippen LogP contribution in [0.15, 0.2) is 24.3 Å². The van der Waals surface area contributed by atoms with Crippen molar-refractivity contribution in [3.63, 3.8) is 0 Å². The molecule has 28 heavy (non-hydrogen) atoms. The van der Waals surface area contributed by atoms with Gasteiger partial charge in [0.15, 0.2) is 0 Å². The lowest BCUT2D eigenvalue weighted by atomic mass is 9.77. The molecular weight excluding hydrogens is 358 g/mol. The average Bonchev–Trinajstić information content (AvgIpc) is 3.13. The SMILES string of the molecule is CCC[C@]1(C(=O)OCC)[NH2+][C@@H](c2ccc(N(C)C)cc2)[C@H]2C(=O)N(C)C(=O)[C@H]21. The number of carbonyl (C=O) groups is 3. The lowest BCUT2D eigenvalue weighted by Crippen LogP contribution is -2.98. The Morgan fingerprint density at radius 3 is 2.36 bits per heavy atom. The monoisotopic (exact) mass is 388 g/mol. The van der Waals surface area contributed by atoms with Gasteiger partial charge in [0.2, 0.25) is 17.4 Å². The first-order valence-electron chi connectivity index (χ1n) is 9.90. The second-order valence-electron chi connectivity index (χ2n) is 7.93. The van der Waals surface area contributed by atoms with Crippen molar-refractivity contribution in [3.05, 3.63) is 29.8 Å². The highest BCUT2D eigenvalue weighted by Crippen LogP contribution is 2.45. The normalized spacial score (nSPS) is 29.2. The Bertz CT molecular complexity index is 776. The Balaban J connectivity index is 2.08. The number of carbonyl (C=O) groups excluding carboxylic acids is 3. The second-order valence-corrected chi connectivity index (χ2v) is 7.93. The predicted molar refractivity (Wildman–Crippen MR) is 104 cm³/mol. The molecule has 2 aliphatic rings. The summed E-state index contributed by atoms with van der Waals surface area (Å²) in [6, 6.07) is 7.66. The van der Waals surface area contributed by atoms with E-state index in [0.717, 1.165) is 17.7 Å². The first-order valence-corrected chi connectivity index (χ1v) is 9.90. The minimum Gasteiger partial charge on any atom is -0.461 e. The van der Waals surface area contributed by atoms with Crippen LogP contribution in [0, 0.1) is 11.8 Å². The molecule has 2 N–H and O–H groups in total. The van der Waals surface area contributed by atoms with Crippen LogP contribution in [0.1, 0.15) is 38.3 Å². The summed E-state index contributed by atoms with van der Waals surface area (Å²) in [6.07, 6.45) is 1.21. The van der Waals surface area contributed by atoms with Crippen molar-refractivity contribution in [2.24, 2.45) is 11.8 Å². The van der Waals surface area contributed by atoms with E-state index < -0.39 is 23.3 Å². The standard InChI is InChI=1S/C21H29N3O4/c1-6-12-21(20(27)28-7-2)16-15(18(25)24(5)19(16)26)17(22-21)13-8-10-14(11-9-13)23(3)4/h8-11,15-17,22H,6-7,12H2,1-5H3/p+1/t15-,16-,17-,21-/m0/s1. The number of rotatable bonds is 6. The number of esters is 1. The number of amides is 2. The zero-order valence-electron chi connectivity index (χ0n) is 17.3. The van der Waals surface area contributed by atoms with Crippen molar-refractivity contribution in [2.75, 3.05) is 32.6 Å². The number of fused-ring (bicyclic) bond motifs is 1. The maximum Gasteiger partial charge on any atom is 0.368 e. The van der Waals surface area contributed by atoms with Gasteiger partial charge in [-0.05, 0) is 25.5 Å². The number of quaternary nitrogens is 1. The summed E-state index contributed by atoms with van der Waals surface area (Å²) in [5.41, 5.74) is 0.937. The number of benzene rings is 1. The van der Waals surface area contributed by atoms with Gasteiger partial charge in [-0.15, -0.1) is 0 Å². The van der Waals surface area contributed by atoms with E-state index in [-0.39, 0.29) is 24.5 Å². The fraction of sp³-hybridized carbons (Fsp3) is 0.571. The number of imide groups is 1. The molecule has 0 unspecified atom stereocenters. The second kappa shape index (κ2) is 7.54. The molecule has 2 heterocycles. The van der Waals surface area contributed by atoms with E-state index in [1.807, 2.05) is 55.5 Å². The smallest absolute Gasteiger partial charge is 0.368 e. The highest BCUT2D eigenvalue weighted by Gasteiger charge is 2.71. The van der Waals surface area contributed by atoms with Gasteiger partial charge < -0.3 is 15.0 Å². The zero-order valence-corrected chi connectivity index (χ0v) is 17.3. The van der Waals surface area contributed by atoms with Crippen LogP contribution in [0.4, 0.5) is 5.69 Å². The largest absolute Gasteiger partial charge is 0.461 e. The number of hydrogen-bond donors (Lipinski definition) is 1. The van der Waals surface area contributed by atoms with Crippen LogP contribution in [-0.4, -0.2) is 56.0 Å². The van der Waals surface area contributed by atoms with Crippen molar-refractivity contribution in [3.8, 4) is 0 Å². The summed E-state index contributed by atoms with van der Waals surface area (Å²) in [5.74, 6) is -2.13. The van der Waals surface area contributed by atoms with Gasteiger partial charge in [0.05, 0.1) is 6.61 Å². The topological polar surface area (TPSA) is 83.5 Å². The zero-order chi connectivity index (χ0) is 20.6. The number of nitrogens with zero attached hydrogens (tertiary/aromatic N) is 2.